The summed E-state index contributed by atoms with van der Waals surface area (Å²) in [6.45, 7) is 0. The molecule has 0 unspecified atom stereocenters. The highest BCUT2D eigenvalue weighted by Gasteiger charge is 2.42. The number of carbonyl (C=O) groups excluding carboxylic acids is 1. The number of carboxylic acid groups (broad SMARTS) is 1. The lowest BCUT2D eigenvalue weighted by molar-refractivity contribution is -0.129. The van der Waals surface area contributed by atoms with E-state index in [1.807, 2.05) is 0 Å². The van der Waals surface area contributed by atoms with Crippen LogP contribution in [0, 0.1) is 5.41 Å². The highest BCUT2D eigenvalue weighted by atomic mass is 79.9. The van der Waals surface area contributed by atoms with Crippen LogP contribution in [0.3, 0.4) is 0 Å². The van der Waals surface area contributed by atoms with Crippen LogP contribution in [-0.2, 0) is 4.79 Å². The Morgan fingerprint density at radius 2 is 2.22 bits per heavy atom. The summed E-state index contributed by atoms with van der Waals surface area (Å²) in [4.78, 5) is 21.6. The Morgan fingerprint density at radius 1 is 1.50 bits per heavy atom. The van der Waals surface area contributed by atoms with Gasteiger partial charge in [-0.25, -0.2) is 9.59 Å². The average molecular weight is 338 g/mol. The van der Waals surface area contributed by atoms with Gasteiger partial charge in [0.15, 0.2) is 0 Å². The van der Waals surface area contributed by atoms with Crippen molar-refractivity contribution >= 4 is 46.5 Å². The Balaban J connectivity index is 0.00000162. The topological polar surface area (TPSA) is 102 Å². The predicted octanol–water partition coefficient (Wildman–Crippen LogP) is 1.00. The second-order valence-electron chi connectivity index (χ2n) is 4.30. The zero-order chi connectivity index (χ0) is 12.4. The van der Waals surface area contributed by atoms with Crippen LogP contribution in [0.1, 0.15) is 19.3 Å². The van der Waals surface area contributed by atoms with Crippen molar-refractivity contribution in [3.63, 3.8) is 0 Å². The second-order valence-corrected chi connectivity index (χ2v) is 5.57. The summed E-state index contributed by atoms with van der Waals surface area (Å²) in [5.74, 6) is -0.234. The Bertz CT molecular complexity index is 366. The number of fused-ring (bicyclic) bond motifs is 1. The van der Waals surface area contributed by atoms with E-state index in [4.69, 9.17) is 10.5 Å². The summed E-state index contributed by atoms with van der Waals surface area (Å²) in [5, 5.41) is 21.8. The number of thioether (sulfide) groups is 1. The summed E-state index contributed by atoms with van der Waals surface area (Å²) >= 11 is 1.80. The van der Waals surface area contributed by atoms with Gasteiger partial charge in [-0.3, -0.25) is 5.41 Å². The SMILES string of the molecule is Br.N=C(CCC[C@@H]1SC[C@@H]2NC(=O)N[C@@H]21)C(=O)O. The number of hydrogen-bond acceptors (Lipinski definition) is 4. The van der Waals surface area contributed by atoms with E-state index in [1.165, 1.54) is 0 Å². The molecule has 6 nitrogen and oxygen atoms in total. The molecule has 8 heteroatoms. The third kappa shape index (κ3) is 3.38. The molecule has 3 atom stereocenters. The fourth-order valence-electron chi connectivity index (χ4n) is 2.23. The molecule has 2 aliphatic heterocycles. The van der Waals surface area contributed by atoms with Crippen LogP contribution in [0.5, 0.6) is 0 Å². The fourth-order valence-corrected chi connectivity index (χ4v) is 3.77. The Labute approximate surface area is 120 Å². The lowest BCUT2D eigenvalue weighted by atomic mass is 10.0. The standard InChI is InChI=1S/C10H15N3O3S.BrH/c11-5(9(14)15)2-1-3-7-8-6(4-17-7)12-10(16)13-8;/h6-8,11H,1-4H2,(H,14,15)(H2,12,13,16);1H/t6-,7-,8-;/m0./s1. The fraction of sp³-hybridized carbons (Fsp3) is 0.700. The van der Waals surface area contributed by atoms with Gasteiger partial charge in [0.25, 0.3) is 0 Å². The number of halogens is 1. The first kappa shape index (κ1) is 15.3. The van der Waals surface area contributed by atoms with Gasteiger partial charge in [-0.15, -0.1) is 17.0 Å². The van der Waals surface area contributed by atoms with Gasteiger partial charge in [-0.2, -0.15) is 11.8 Å². The van der Waals surface area contributed by atoms with E-state index in [-0.39, 0.29) is 40.8 Å². The van der Waals surface area contributed by atoms with Crippen molar-refractivity contribution in [3.8, 4) is 0 Å². The summed E-state index contributed by atoms with van der Waals surface area (Å²) in [5.41, 5.74) is -0.238. The van der Waals surface area contributed by atoms with Crippen LogP contribution in [0.2, 0.25) is 0 Å². The molecule has 0 spiro atoms. The zero-order valence-electron chi connectivity index (χ0n) is 9.64. The van der Waals surface area contributed by atoms with Gasteiger partial charge in [0, 0.05) is 11.0 Å². The van der Waals surface area contributed by atoms with E-state index in [2.05, 4.69) is 10.6 Å². The van der Waals surface area contributed by atoms with Gasteiger partial charge >= 0.3 is 12.0 Å². The van der Waals surface area contributed by atoms with Crippen LogP contribution in [-0.4, -0.2) is 45.9 Å². The number of carbonyl (C=O) groups is 2. The molecular formula is C10H16BrN3O3S. The van der Waals surface area contributed by atoms with Crippen LogP contribution >= 0.6 is 28.7 Å². The lowest BCUT2D eigenvalue weighted by Gasteiger charge is -2.16. The highest BCUT2D eigenvalue weighted by Crippen LogP contribution is 2.32. The van der Waals surface area contributed by atoms with Crippen LogP contribution < -0.4 is 10.6 Å². The first-order valence-electron chi connectivity index (χ1n) is 5.57. The highest BCUT2D eigenvalue weighted by molar-refractivity contribution is 8.93. The van der Waals surface area contributed by atoms with Gasteiger partial charge in [-0.1, -0.05) is 0 Å². The minimum absolute atomic E-state index is 0. The number of urea groups is 1. The molecule has 2 amide bonds. The lowest BCUT2D eigenvalue weighted by Crippen LogP contribution is -2.36. The monoisotopic (exact) mass is 337 g/mol. The number of carboxylic acids is 1. The zero-order valence-corrected chi connectivity index (χ0v) is 12.2. The third-order valence-corrected chi connectivity index (χ3v) is 4.62. The molecule has 0 aromatic heterocycles. The molecule has 2 rings (SSSR count). The van der Waals surface area contributed by atoms with Crippen LogP contribution in [0.25, 0.3) is 0 Å². The van der Waals surface area contributed by atoms with Crippen molar-refractivity contribution in [3.05, 3.63) is 0 Å². The van der Waals surface area contributed by atoms with Gasteiger partial charge < -0.3 is 15.7 Å². The first-order valence-corrected chi connectivity index (χ1v) is 6.62. The Kier molecular flexibility index (Phi) is 5.46. The van der Waals surface area contributed by atoms with E-state index >= 15 is 0 Å². The summed E-state index contributed by atoms with van der Waals surface area (Å²) in [6.07, 6.45) is 1.82. The molecule has 4 N–H and O–H groups in total. The van der Waals surface area contributed by atoms with Crippen LogP contribution in [0.15, 0.2) is 0 Å². The molecule has 2 heterocycles. The van der Waals surface area contributed by atoms with E-state index < -0.39 is 5.97 Å². The maximum Gasteiger partial charge on any atom is 0.349 e. The molecule has 0 radical (unpaired) electrons. The molecular weight excluding hydrogens is 322 g/mol. The number of hydrogen-bond donors (Lipinski definition) is 4. The molecule has 0 aliphatic carbocycles. The largest absolute Gasteiger partial charge is 0.477 e. The normalized spacial score (nSPS) is 28.9. The van der Waals surface area contributed by atoms with Crippen molar-refractivity contribution < 1.29 is 14.7 Å². The molecule has 2 aliphatic rings. The van der Waals surface area contributed by atoms with Gasteiger partial charge in [0.1, 0.15) is 5.71 Å². The molecule has 18 heavy (non-hydrogen) atoms. The number of rotatable bonds is 5. The Morgan fingerprint density at radius 3 is 2.89 bits per heavy atom. The van der Waals surface area contributed by atoms with Gasteiger partial charge in [0.05, 0.1) is 12.1 Å². The summed E-state index contributed by atoms with van der Waals surface area (Å²) in [6, 6.07) is 0.256. The smallest absolute Gasteiger partial charge is 0.349 e. The molecule has 0 bridgehead atoms. The minimum Gasteiger partial charge on any atom is -0.477 e. The number of nitrogens with one attached hydrogen (secondary N) is 3. The maximum atomic E-state index is 11.1. The Hall–Kier alpha value is -0.760. The van der Waals surface area contributed by atoms with Crippen molar-refractivity contribution in [2.24, 2.45) is 0 Å². The van der Waals surface area contributed by atoms with Crippen molar-refractivity contribution in [2.75, 3.05) is 5.75 Å². The minimum atomic E-state index is -1.14. The van der Waals surface area contributed by atoms with E-state index in [1.54, 1.807) is 11.8 Å². The number of aliphatic carboxylic acids is 1. The maximum absolute atomic E-state index is 11.1. The molecule has 0 aromatic rings. The van der Waals surface area contributed by atoms with E-state index in [9.17, 15) is 9.59 Å². The molecule has 0 aromatic carbocycles. The van der Waals surface area contributed by atoms with Gasteiger partial charge in [-0.05, 0) is 19.3 Å². The van der Waals surface area contributed by atoms with Crippen LogP contribution in [0.4, 0.5) is 4.79 Å². The van der Waals surface area contributed by atoms with E-state index in [0.717, 1.165) is 12.2 Å². The summed E-state index contributed by atoms with van der Waals surface area (Å²) < 4.78 is 0. The molecule has 2 saturated heterocycles. The number of amides is 2. The van der Waals surface area contributed by atoms with Crippen molar-refractivity contribution in [1.82, 2.24) is 10.6 Å². The summed E-state index contributed by atoms with van der Waals surface area (Å²) in [7, 11) is 0. The first-order chi connectivity index (χ1) is 8.08. The van der Waals surface area contributed by atoms with E-state index in [0.29, 0.717) is 18.1 Å². The average Bonchev–Trinajstić information content (AvgIpc) is 2.78. The molecule has 0 saturated carbocycles. The van der Waals surface area contributed by atoms with Gasteiger partial charge in [0.2, 0.25) is 0 Å². The quantitative estimate of drug-likeness (QED) is 0.444. The molecule has 2 fully saturated rings. The third-order valence-electron chi connectivity index (χ3n) is 3.11. The van der Waals surface area contributed by atoms with Crippen molar-refractivity contribution in [2.45, 2.75) is 36.6 Å². The van der Waals surface area contributed by atoms with Crippen molar-refractivity contribution in [1.29, 1.82) is 5.41 Å². The predicted molar refractivity (Wildman–Crippen MR) is 75.0 cm³/mol. The second kappa shape index (κ2) is 6.42. The molecule has 102 valence electrons.